The molecule has 2 aromatic rings. The summed E-state index contributed by atoms with van der Waals surface area (Å²) in [6.45, 7) is 0. The van der Waals surface area contributed by atoms with E-state index in [-0.39, 0.29) is 11.5 Å². The van der Waals surface area contributed by atoms with E-state index in [1.54, 1.807) is 18.3 Å². The van der Waals surface area contributed by atoms with Crippen LogP contribution < -0.4 is 5.32 Å². The number of carbonyl (C=O) groups is 2. The second-order valence-electron chi connectivity index (χ2n) is 7.23. The first-order valence-electron chi connectivity index (χ1n) is 8.78. The number of pyridine rings is 1. The fraction of sp³-hybridized carbons (Fsp3) is 0.350. The number of fused-ring (bicyclic) bond motifs is 1. The van der Waals surface area contributed by atoms with Gasteiger partial charge in [0.1, 0.15) is 0 Å². The van der Waals surface area contributed by atoms with Crippen LogP contribution in [0.4, 0.5) is 5.69 Å². The molecule has 5 nitrogen and oxygen atoms in total. The Bertz CT molecular complexity index is 877. The highest BCUT2D eigenvalue weighted by atomic mass is 79.9. The molecule has 0 bridgehead atoms. The quantitative estimate of drug-likeness (QED) is 0.769. The van der Waals surface area contributed by atoms with E-state index in [4.69, 9.17) is 5.11 Å². The Morgan fingerprint density at radius 3 is 2.65 bits per heavy atom. The first kappa shape index (κ1) is 17.2. The van der Waals surface area contributed by atoms with Crippen molar-refractivity contribution >= 4 is 33.5 Å². The van der Waals surface area contributed by atoms with Crippen molar-refractivity contribution in [2.75, 3.05) is 5.32 Å². The molecule has 26 heavy (non-hydrogen) atoms. The van der Waals surface area contributed by atoms with Crippen molar-refractivity contribution in [3.8, 4) is 0 Å². The van der Waals surface area contributed by atoms with Crippen molar-refractivity contribution < 1.29 is 14.7 Å². The largest absolute Gasteiger partial charge is 0.478 e. The van der Waals surface area contributed by atoms with Crippen LogP contribution in [-0.4, -0.2) is 22.0 Å². The Morgan fingerprint density at radius 1 is 1.27 bits per heavy atom. The van der Waals surface area contributed by atoms with E-state index >= 15 is 0 Å². The fourth-order valence-electron chi connectivity index (χ4n) is 3.84. The first-order chi connectivity index (χ1) is 12.5. The SMILES string of the molecule is O=C(O)c1ccc(NC(=O)C2(CC3CC3)CCc3cc(Br)cnc32)cc1. The molecule has 2 aliphatic carbocycles. The van der Waals surface area contributed by atoms with Gasteiger partial charge in [0.25, 0.3) is 0 Å². The van der Waals surface area contributed by atoms with E-state index in [0.29, 0.717) is 11.6 Å². The molecular formula is C20H19BrN2O3. The number of amides is 1. The predicted molar refractivity (Wildman–Crippen MR) is 101 cm³/mol. The number of aromatic nitrogens is 1. The minimum Gasteiger partial charge on any atom is -0.478 e. The number of aromatic carboxylic acids is 1. The third-order valence-corrected chi connectivity index (χ3v) is 5.80. The third kappa shape index (κ3) is 3.14. The summed E-state index contributed by atoms with van der Waals surface area (Å²) in [5.74, 6) is -0.430. The van der Waals surface area contributed by atoms with Gasteiger partial charge in [0, 0.05) is 16.4 Å². The zero-order chi connectivity index (χ0) is 18.3. The Labute approximate surface area is 160 Å². The number of carbonyl (C=O) groups excluding carboxylic acids is 1. The molecule has 1 aromatic heterocycles. The molecule has 1 atom stereocenters. The van der Waals surface area contributed by atoms with E-state index in [9.17, 15) is 9.59 Å². The first-order valence-corrected chi connectivity index (χ1v) is 9.57. The monoisotopic (exact) mass is 414 g/mol. The maximum absolute atomic E-state index is 13.3. The van der Waals surface area contributed by atoms with Gasteiger partial charge in [-0.25, -0.2) is 4.79 Å². The second kappa shape index (κ2) is 6.50. The topological polar surface area (TPSA) is 79.3 Å². The lowest BCUT2D eigenvalue weighted by Gasteiger charge is -2.28. The second-order valence-corrected chi connectivity index (χ2v) is 8.14. The van der Waals surface area contributed by atoms with Crippen LogP contribution in [0.2, 0.25) is 0 Å². The molecule has 1 unspecified atom stereocenters. The van der Waals surface area contributed by atoms with Gasteiger partial charge >= 0.3 is 5.97 Å². The number of halogens is 1. The molecule has 0 radical (unpaired) electrons. The summed E-state index contributed by atoms with van der Waals surface area (Å²) >= 11 is 3.46. The van der Waals surface area contributed by atoms with Gasteiger partial charge in [0.05, 0.1) is 16.7 Å². The summed E-state index contributed by atoms with van der Waals surface area (Å²) in [6.07, 6.45) is 6.55. The Kier molecular flexibility index (Phi) is 4.31. The summed E-state index contributed by atoms with van der Waals surface area (Å²) in [4.78, 5) is 28.9. The van der Waals surface area contributed by atoms with Crippen molar-refractivity contribution in [2.24, 2.45) is 5.92 Å². The lowest BCUT2D eigenvalue weighted by molar-refractivity contribution is -0.122. The van der Waals surface area contributed by atoms with Gasteiger partial charge in [-0.05, 0) is 77.0 Å². The molecular weight excluding hydrogens is 396 g/mol. The van der Waals surface area contributed by atoms with Crippen LogP contribution >= 0.6 is 15.9 Å². The van der Waals surface area contributed by atoms with Crippen molar-refractivity contribution in [3.05, 3.63) is 57.8 Å². The molecule has 1 saturated carbocycles. The number of hydrogen-bond donors (Lipinski definition) is 2. The number of rotatable bonds is 5. The standard InChI is InChI=1S/C20H19BrN2O3/c21-15-9-14-7-8-20(10-12-1-2-12,17(14)22-11-15)19(26)23-16-5-3-13(4-6-16)18(24)25/h3-6,9,11-12H,1-2,7-8,10H2,(H,23,26)(H,24,25). The summed E-state index contributed by atoms with van der Waals surface area (Å²) in [5.41, 5.74) is 2.25. The van der Waals surface area contributed by atoms with Crippen LogP contribution in [0.3, 0.4) is 0 Å². The Hall–Kier alpha value is -2.21. The molecule has 0 saturated heterocycles. The zero-order valence-corrected chi connectivity index (χ0v) is 15.8. The number of nitrogens with zero attached hydrogens (tertiary/aromatic N) is 1. The maximum Gasteiger partial charge on any atom is 0.335 e. The van der Waals surface area contributed by atoms with Crippen molar-refractivity contribution in [2.45, 2.75) is 37.5 Å². The number of anilines is 1. The van der Waals surface area contributed by atoms with Gasteiger partial charge in [-0.3, -0.25) is 9.78 Å². The average molecular weight is 415 g/mol. The van der Waals surface area contributed by atoms with Gasteiger partial charge in [-0.15, -0.1) is 0 Å². The highest BCUT2D eigenvalue weighted by Crippen LogP contribution is 2.49. The molecule has 1 amide bonds. The number of carboxylic acids is 1. The Balaban J connectivity index is 1.63. The molecule has 1 fully saturated rings. The molecule has 0 aliphatic heterocycles. The molecule has 134 valence electrons. The van der Waals surface area contributed by atoms with Gasteiger partial charge in [-0.1, -0.05) is 12.8 Å². The summed E-state index contributed by atoms with van der Waals surface area (Å²) in [7, 11) is 0. The number of aryl methyl sites for hydroxylation is 1. The van der Waals surface area contributed by atoms with Crippen LogP contribution in [0.1, 0.15) is 47.3 Å². The van der Waals surface area contributed by atoms with Gasteiger partial charge in [0.15, 0.2) is 0 Å². The average Bonchev–Trinajstić information content (AvgIpc) is 3.36. The van der Waals surface area contributed by atoms with Crippen molar-refractivity contribution in [3.63, 3.8) is 0 Å². The van der Waals surface area contributed by atoms with Crippen LogP contribution in [0.15, 0.2) is 41.0 Å². The molecule has 1 aromatic carbocycles. The summed E-state index contributed by atoms with van der Waals surface area (Å²) < 4.78 is 0.933. The number of nitrogens with one attached hydrogen (secondary N) is 1. The molecule has 6 heteroatoms. The van der Waals surface area contributed by atoms with Crippen LogP contribution in [0.25, 0.3) is 0 Å². The van der Waals surface area contributed by atoms with Crippen LogP contribution in [0.5, 0.6) is 0 Å². The summed E-state index contributed by atoms with van der Waals surface area (Å²) in [5, 5.41) is 12.0. The maximum atomic E-state index is 13.3. The lowest BCUT2D eigenvalue weighted by atomic mass is 9.78. The number of carboxylic acid groups (broad SMARTS) is 1. The van der Waals surface area contributed by atoms with E-state index in [0.717, 1.165) is 35.0 Å². The van der Waals surface area contributed by atoms with E-state index in [2.05, 4.69) is 32.3 Å². The summed E-state index contributed by atoms with van der Waals surface area (Å²) in [6, 6.07) is 8.34. The normalized spacial score (nSPS) is 21.3. The molecule has 2 aliphatic rings. The van der Waals surface area contributed by atoms with Crippen LogP contribution in [0, 0.1) is 5.92 Å². The fourth-order valence-corrected chi connectivity index (χ4v) is 4.22. The number of hydrogen-bond acceptors (Lipinski definition) is 3. The van der Waals surface area contributed by atoms with Crippen molar-refractivity contribution in [1.82, 2.24) is 4.98 Å². The minimum atomic E-state index is -0.979. The smallest absolute Gasteiger partial charge is 0.335 e. The van der Waals surface area contributed by atoms with E-state index in [1.807, 2.05) is 0 Å². The molecule has 1 heterocycles. The number of benzene rings is 1. The highest BCUT2D eigenvalue weighted by Gasteiger charge is 2.49. The highest BCUT2D eigenvalue weighted by molar-refractivity contribution is 9.10. The molecule has 2 N–H and O–H groups in total. The van der Waals surface area contributed by atoms with Crippen LogP contribution in [-0.2, 0) is 16.6 Å². The van der Waals surface area contributed by atoms with E-state index < -0.39 is 11.4 Å². The van der Waals surface area contributed by atoms with Gasteiger partial charge in [0.2, 0.25) is 5.91 Å². The predicted octanol–water partition coefficient (Wildman–Crippen LogP) is 4.17. The van der Waals surface area contributed by atoms with E-state index in [1.165, 1.54) is 25.0 Å². The molecule has 0 spiro atoms. The minimum absolute atomic E-state index is 0.0407. The van der Waals surface area contributed by atoms with Gasteiger partial charge < -0.3 is 10.4 Å². The third-order valence-electron chi connectivity index (χ3n) is 5.37. The Morgan fingerprint density at radius 2 is 2.00 bits per heavy atom. The van der Waals surface area contributed by atoms with Crippen molar-refractivity contribution in [1.29, 1.82) is 0 Å². The lowest BCUT2D eigenvalue weighted by Crippen LogP contribution is -2.39. The van der Waals surface area contributed by atoms with Gasteiger partial charge in [-0.2, -0.15) is 0 Å². The molecule has 4 rings (SSSR count). The zero-order valence-electron chi connectivity index (χ0n) is 14.2.